The Morgan fingerprint density at radius 3 is 2.59 bits per heavy atom. The first kappa shape index (κ1) is 13.8. The molecule has 6 heteroatoms. The average Bonchev–Trinajstić information content (AvgIpc) is 2.77. The molecule has 0 aromatic carbocycles. The first-order chi connectivity index (χ1) is 8.10. The normalized spacial score (nSPS) is 17.4. The van der Waals surface area contributed by atoms with Crippen molar-refractivity contribution in [3.63, 3.8) is 0 Å². The highest BCUT2D eigenvalue weighted by Gasteiger charge is 2.41. The van der Waals surface area contributed by atoms with Crippen LogP contribution in [0.25, 0.3) is 0 Å². The molecule has 0 spiro atoms. The Hall–Kier alpha value is -1.22. The fourth-order valence-electron chi connectivity index (χ4n) is 2.03. The van der Waals surface area contributed by atoms with Crippen LogP contribution in [0.5, 0.6) is 0 Å². The van der Waals surface area contributed by atoms with Crippen molar-refractivity contribution < 1.29 is 14.7 Å². The minimum absolute atomic E-state index is 0.197. The average molecular weight is 256 g/mol. The number of rotatable bonds is 6. The lowest BCUT2D eigenvalue weighted by Gasteiger charge is -2.23. The van der Waals surface area contributed by atoms with E-state index in [2.05, 4.69) is 5.32 Å². The fraction of sp³-hybridized carbons (Fsp3) is 0.727. The van der Waals surface area contributed by atoms with E-state index in [0.29, 0.717) is 12.8 Å². The van der Waals surface area contributed by atoms with E-state index in [1.165, 1.54) is 11.8 Å². The van der Waals surface area contributed by atoms with E-state index < -0.39 is 11.4 Å². The summed E-state index contributed by atoms with van der Waals surface area (Å²) >= 11 is 1.23. The molecule has 0 heterocycles. The van der Waals surface area contributed by atoms with Crippen molar-refractivity contribution in [3.05, 3.63) is 0 Å². The summed E-state index contributed by atoms with van der Waals surface area (Å²) in [5.74, 6) is -0.529. The van der Waals surface area contributed by atoms with Crippen LogP contribution in [0.15, 0.2) is 0 Å². The molecule has 0 saturated heterocycles. The SMILES string of the molecule is N#CCSCC(=O)NCC1(C(=O)O)CCCC1. The lowest BCUT2D eigenvalue weighted by Crippen LogP contribution is -2.41. The zero-order chi connectivity index (χ0) is 12.7. The van der Waals surface area contributed by atoms with Gasteiger partial charge < -0.3 is 10.4 Å². The number of nitrogens with zero attached hydrogens (tertiary/aromatic N) is 1. The molecule has 0 aliphatic heterocycles. The largest absolute Gasteiger partial charge is 0.481 e. The number of carbonyl (C=O) groups excluding carboxylic acids is 1. The van der Waals surface area contributed by atoms with E-state index in [0.717, 1.165) is 12.8 Å². The molecule has 5 nitrogen and oxygen atoms in total. The molecular formula is C11H16N2O3S. The quantitative estimate of drug-likeness (QED) is 0.692. The summed E-state index contributed by atoms with van der Waals surface area (Å²) in [4.78, 5) is 22.6. The maximum atomic E-state index is 11.4. The van der Waals surface area contributed by atoms with E-state index in [1.54, 1.807) is 0 Å². The van der Waals surface area contributed by atoms with Gasteiger partial charge in [-0.1, -0.05) is 12.8 Å². The number of hydrogen-bond acceptors (Lipinski definition) is 4. The molecule has 1 rings (SSSR count). The van der Waals surface area contributed by atoms with Gasteiger partial charge in [-0.2, -0.15) is 5.26 Å². The number of aliphatic carboxylic acids is 1. The highest BCUT2D eigenvalue weighted by atomic mass is 32.2. The summed E-state index contributed by atoms with van der Waals surface area (Å²) < 4.78 is 0. The van der Waals surface area contributed by atoms with Crippen molar-refractivity contribution in [1.29, 1.82) is 5.26 Å². The highest BCUT2D eigenvalue weighted by molar-refractivity contribution is 8.00. The second kappa shape index (κ2) is 6.50. The molecule has 0 unspecified atom stereocenters. The topological polar surface area (TPSA) is 90.2 Å². The predicted molar refractivity (Wildman–Crippen MR) is 64.5 cm³/mol. The summed E-state index contributed by atoms with van der Waals surface area (Å²) in [6, 6.07) is 1.93. The Morgan fingerprint density at radius 2 is 2.06 bits per heavy atom. The smallest absolute Gasteiger partial charge is 0.311 e. The molecule has 1 saturated carbocycles. The molecular weight excluding hydrogens is 240 g/mol. The Labute approximate surface area is 105 Å². The van der Waals surface area contributed by atoms with Crippen molar-refractivity contribution in [2.24, 2.45) is 5.41 Å². The molecule has 0 aromatic rings. The molecule has 0 atom stereocenters. The van der Waals surface area contributed by atoms with Crippen LogP contribution < -0.4 is 5.32 Å². The van der Waals surface area contributed by atoms with Gasteiger partial charge in [0.25, 0.3) is 0 Å². The predicted octanol–water partition coefficient (Wildman–Crippen LogP) is 1.00. The van der Waals surface area contributed by atoms with Gasteiger partial charge >= 0.3 is 5.97 Å². The van der Waals surface area contributed by atoms with Gasteiger partial charge in [-0.3, -0.25) is 9.59 Å². The fourth-order valence-corrected chi connectivity index (χ4v) is 2.51. The van der Waals surface area contributed by atoms with E-state index in [9.17, 15) is 14.7 Å². The van der Waals surface area contributed by atoms with Gasteiger partial charge in [-0.15, -0.1) is 11.8 Å². The zero-order valence-electron chi connectivity index (χ0n) is 9.57. The van der Waals surface area contributed by atoms with Crippen LogP contribution in [-0.4, -0.2) is 35.0 Å². The van der Waals surface area contributed by atoms with Crippen molar-refractivity contribution in [3.8, 4) is 6.07 Å². The number of carbonyl (C=O) groups is 2. The van der Waals surface area contributed by atoms with Crippen LogP contribution in [0, 0.1) is 16.7 Å². The number of carboxylic acids is 1. The van der Waals surface area contributed by atoms with Gasteiger partial charge in [0.05, 0.1) is 23.0 Å². The molecule has 1 fully saturated rings. The number of nitrogens with one attached hydrogen (secondary N) is 1. The Morgan fingerprint density at radius 1 is 1.41 bits per heavy atom. The van der Waals surface area contributed by atoms with Crippen molar-refractivity contribution in [2.45, 2.75) is 25.7 Å². The Kier molecular flexibility index (Phi) is 5.29. The number of nitriles is 1. The van der Waals surface area contributed by atoms with Crippen LogP contribution in [0.3, 0.4) is 0 Å². The molecule has 0 bridgehead atoms. The van der Waals surface area contributed by atoms with Gasteiger partial charge in [0.1, 0.15) is 0 Å². The number of thioether (sulfide) groups is 1. The molecule has 0 aromatic heterocycles. The van der Waals surface area contributed by atoms with E-state index in [-0.39, 0.29) is 24.0 Å². The van der Waals surface area contributed by atoms with Crippen LogP contribution in [-0.2, 0) is 9.59 Å². The molecule has 1 aliphatic rings. The monoisotopic (exact) mass is 256 g/mol. The second-order valence-corrected chi connectivity index (χ2v) is 5.21. The van der Waals surface area contributed by atoms with Gasteiger partial charge in [-0.05, 0) is 12.8 Å². The summed E-state index contributed by atoms with van der Waals surface area (Å²) in [6.07, 6.45) is 3.08. The molecule has 2 N–H and O–H groups in total. The molecule has 1 amide bonds. The van der Waals surface area contributed by atoms with Crippen molar-refractivity contribution in [2.75, 3.05) is 18.1 Å². The minimum atomic E-state index is -0.819. The first-order valence-corrected chi connectivity index (χ1v) is 6.71. The van der Waals surface area contributed by atoms with Crippen LogP contribution in [0.1, 0.15) is 25.7 Å². The summed E-state index contributed by atoms with van der Waals surface area (Å²) in [5, 5.41) is 20.2. The van der Waals surface area contributed by atoms with E-state index in [1.807, 2.05) is 6.07 Å². The third kappa shape index (κ3) is 3.93. The number of hydrogen-bond donors (Lipinski definition) is 2. The lowest BCUT2D eigenvalue weighted by atomic mass is 9.86. The standard InChI is InChI=1S/C11H16N2O3S/c12-5-6-17-7-9(14)13-8-11(10(15)16)3-1-2-4-11/h1-4,6-8H2,(H,13,14)(H,15,16). The second-order valence-electron chi connectivity index (χ2n) is 4.22. The summed E-state index contributed by atoms with van der Waals surface area (Å²) in [5.41, 5.74) is -0.768. The third-order valence-electron chi connectivity index (χ3n) is 3.04. The number of carboxylic acid groups (broad SMARTS) is 1. The molecule has 94 valence electrons. The van der Waals surface area contributed by atoms with Gasteiger partial charge in [0.2, 0.25) is 5.91 Å². The maximum absolute atomic E-state index is 11.4. The highest BCUT2D eigenvalue weighted by Crippen LogP contribution is 2.37. The van der Waals surface area contributed by atoms with Crippen LogP contribution in [0.4, 0.5) is 0 Å². The minimum Gasteiger partial charge on any atom is -0.481 e. The van der Waals surface area contributed by atoms with Gasteiger partial charge in [0, 0.05) is 6.54 Å². The first-order valence-electron chi connectivity index (χ1n) is 5.55. The van der Waals surface area contributed by atoms with Gasteiger partial charge in [0.15, 0.2) is 0 Å². The van der Waals surface area contributed by atoms with E-state index >= 15 is 0 Å². The maximum Gasteiger partial charge on any atom is 0.311 e. The molecule has 17 heavy (non-hydrogen) atoms. The van der Waals surface area contributed by atoms with Crippen molar-refractivity contribution in [1.82, 2.24) is 5.32 Å². The summed E-state index contributed by atoms with van der Waals surface area (Å²) in [6.45, 7) is 0.203. The third-order valence-corrected chi connectivity index (χ3v) is 3.84. The van der Waals surface area contributed by atoms with Crippen LogP contribution in [0.2, 0.25) is 0 Å². The van der Waals surface area contributed by atoms with E-state index in [4.69, 9.17) is 5.26 Å². The Bertz CT molecular complexity index is 332. The van der Waals surface area contributed by atoms with Crippen molar-refractivity contribution >= 4 is 23.6 Å². The van der Waals surface area contributed by atoms with Crippen LogP contribution >= 0.6 is 11.8 Å². The summed E-state index contributed by atoms with van der Waals surface area (Å²) in [7, 11) is 0. The Balaban J connectivity index is 2.35. The zero-order valence-corrected chi connectivity index (χ0v) is 10.4. The molecule has 0 radical (unpaired) electrons. The van der Waals surface area contributed by atoms with Gasteiger partial charge in [-0.25, -0.2) is 0 Å². The number of amides is 1. The lowest BCUT2D eigenvalue weighted by molar-refractivity contribution is -0.148. The molecule has 1 aliphatic carbocycles.